The number of hydrogen-bond acceptors (Lipinski definition) is 4. The van der Waals surface area contributed by atoms with E-state index in [0.29, 0.717) is 23.0 Å². The molecule has 0 saturated carbocycles. The number of amides is 1. The number of pyridine rings is 1. The number of anilines is 1. The van der Waals surface area contributed by atoms with Crippen LogP contribution in [-0.4, -0.2) is 26.9 Å². The van der Waals surface area contributed by atoms with Gasteiger partial charge in [-0.05, 0) is 24.0 Å². The maximum absolute atomic E-state index is 12.5. The summed E-state index contributed by atoms with van der Waals surface area (Å²) in [5.74, 6) is 0.479. The van der Waals surface area contributed by atoms with Gasteiger partial charge in [0.05, 0.1) is 18.3 Å². The summed E-state index contributed by atoms with van der Waals surface area (Å²) in [4.78, 5) is 16.7. The zero-order valence-electron chi connectivity index (χ0n) is 12.6. The number of carbonyl (C=O) groups excluding carboxylic acids is 1. The molecule has 2 heterocycles. The minimum absolute atomic E-state index is 0.183. The first-order valence-corrected chi connectivity index (χ1v) is 8.36. The van der Waals surface area contributed by atoms with E-state index in [-0.39, 0.29) is 5.91 Å². The van der Waals surface area contributed by atoms with Gasteiger partial charge < -0.3 is 5.32 Å². The van der Waals surface area contributed by atoms with Crippen molar-refractivity contribution in [2.24, 2.45) is 0 Å². The van der Waals surface area contributed by atoms with Gasteiger partial charge >= 0.3 is 0 Å². The van der Waals surface area contributed by atoms with E-state index < -0.39 is 0 Å². The van der Waals surface area contributed by atoms with E-state index in [2.05, 4.69) is 15.4 Å². The van der Waals surface area contributed by atoms with E-state index in [1.165, 1.54) is 11.8 Å². The second-order valence-electron chi connectivity index (χ2n) is 4.87. The van der Waals surface area contributed by atoms with Gasteiger partial charge in [-0.25, -0.2) is 9.67 Å². The van der Waals surface area contributed by atoms with Crippen molar-refractivity contribution in [2.75, 3.05) is 11.6 Å². The molecule has 1 aromatic carbocycles. The van der Waals surface area contributed by atoms with Gasteiger partial charge in [-0.15, -0.1) is 11.8 Å². The predicted octanol–water partition coefficient (Wildman–Crippen LogP) is 3.30. The van der Waals surface area contributed by atoms with Crippen LogP contribution in [-0.2, 0) is 6.54 Å². The molecule has 3 aromatic rings. The number of benzene rings is 1. The first-order valence-electron chi connectivity index (χ1n) is 7.14. The third-order valence-corrected chi connectivity index (χ3v) is 4.05. The van der Waals surface area contributed by atoms with Gasteiger partial charge in [0.1, 0.15) is 10.8 Å². The van der Waals surface area contributed by atoms with Gasteiger partial charge in [-0.2, -0.15) is 5.10 Å². The van der Waals surface area contributed by atoms with E-state index >= 15 is 0 Å². The lowest BCUT2D eigenvalue weighted by Gasteiger charge is -2.10. The summed E-state index contributed by atoms with van der Waals surface area (Å²) >= 11 is 1.45. The van der Waals surface area contributed by atoms with Crippen molar-refractivity contribution in [3.8, 4) is 0 Å². The quantitative estimate of drug-likeness (QED) is 0.732. The molecule has 0 fully saturated rings. The predicted molar refractivity (Wildman–Crippen MR) is 91.7 cm³/mol. The molecule has 6 heteroatoms. The lowest BCUT2D eigenvalue weighted by Crippen LogP contribution is -2.17. The molecular formula is C17H16N4OS. The molecule has 0 unspecified atom stereocenters. The molecule has 5 nitrogen and oxygen atoms in total. The Morgan fingerprint density at radius 2 is 1.96 bits per heavy atom. The largest absolute Gasteiger partial charge is 0.307 e. The molecule has 1 amide bonds. The average Bonchev–Trinajstić information content (AvgIpc) is 3.02. The smallest absolute Gasteiger partial charge is 0.259 e. The number of carbonyl (C=O) groups is 1. The number of hydrogen-bond donors (Lipinski definition) is 1. The van der Waals surface area contributed by atoms with E-state index in [1.807, 2.05) is 36.6 Å². The Labute approximate surface area is 138 Å². The number of nitrogens with zero attached hydrogens (tertiary/aromatic N) is 3. The summed E-state index contributed by atoms with van der Waals surface area (Å²) in [6.45, 7) is 0.603. The minimum atomic E-state index is -0.183. The Morgan fingerprint density at radius 1 is 1.13 bits per heavy atom. The lowest BCUT2D eigenvalue weighted by molar-refractivity contribution is 0.102. The van der Waals surface area contributed by atoms with Gasteiger partial charge in [0, 0.05) is 12.3 Å². The van der Waals surface area contributed by atoms with Crippen LogP contribution >= 0.6 is 11.8 Å². The minimum Gasteiger partial charge on any atom is -0.307 e. The summed E-state index contributed by atoms with van der Waals surface area (Å²) < 4.78 is 1.77. The highest BCUT2D eigenvalue weighted by atomic mass is 32.2. The number of nitrogens with one attached hydrogen (secondary N) is 1. The highest BCUT2D eigenvalue weighted by molar-refractivity contribution is 7.98. The van der Waals surface area contributed by atoms with E-state index in [0.717, 1.165) is 5.56 Å². The fourth-order valence-electron chi connectivity index (χ4n) is 2.23. The number of aromatic nitrogens is 3. The van der Waals surface area contributed by atoms with Crippen LogP contribution in [0.25, 0.3) is 0 Å². The van der Waals surface area contributed by atoms with Crippen molar-refractivity contribution in [3.63, 3.8) is 0 Å². The van der Waals surface area contributed by atoms with E-state index in [9.17, 15) is 4.79 Å². The van der Waals surface area contributed by atoms with Crippen LogP contribution in [0.5, 0.6) is 0 Å². The lowest BCUT2D eigenvalue weighted by atomic mass is 10.2. The molecule has 3 rings (SSSR count). The van der Waals surface area contributed by atoms with Gasteiger partial charge in [0.15, 0.2) is 0 Å². The van der Waals surface area contributed by atoms with E-state index in [1.54, 1.807) is 35.3 Å². The summed E-state index contributed by atoms with van der Waals surface area (Å²) in [7, 11) is 0. The maximum atomic E-state index is 12.5. The third kappa shape index (κ3) is 3.60. The molecule has 0 aliphatic carbocycles. The van der Waals surface area contributed by atoms with Crippen LogP contribution in [0.15, 0.2) is 66.0 Å². The highest BCUT2D eigenvalue weighted by Crippen LogP contribution is 2.19. The molecule has 0 aliphatic heterocycles. The van der Waals surface area contributed by atoms with Crippen molar-refractivity contribution >= 4 is 23.5 Å². The van der Waals surface area contributed by atoms with Crippen LogP contribution in [0.2, 0.25) is 0 Å². The van der Waals surface area contributed by atoms with E-state index in [4.69, 9.17) is 0 Å². The Morgan fingerprint density at radius 3 is 2.74 bits per heavy atom. The van der Waals surface area contributed by atoms with Gasteiger partial charge in [0.2, 0.25) is 0 Å². The summed E-state index contributed by atoms with van der Waals surface area (Å²) in [5.41, 5.74) is 1.69. The Balaban J connectivity index is 1.79. The monoisotopic (exact) mass is 324 g/mol. The van der Waals surface area contributed by atoms with Gasteiger partial charge in [-0.1, -0.05) is 30.3 Å². The molecule has 0 bridgehead atoms. The van der Waals surface area contributed by atoms with Crippen LogP contribution in [0.3, 0.4) is 0 Å². The number of thioether (sulfide) groups is 1. The maximum Gasteiger partial charge on any atom is 0.259 e. The molecular weight excluding hydrogens is 308 g/mol. The molecule has 2 aromatic heterocycles. The molecule has 0 aliphatic rings. The molecule has 23 heavy (non-hydrogen) atoms. The van der Waals surface area contributed by atoms with Crippen molar-refractivity contribution in [1.82, 2.24) is 14.8 Å². The van der Waals surface area contributed by atoms with Crippen LogP contribution in [0.4, 0.5) is 5.82 Å². The first kappa shape index (κ1) is 15.3. The average molecular weight is 324 g/mol. The molecule has 1 N–H and O–H groups in total. The Bertz CT molecular complexity index is 801. The normalized spacial score (nSPS) is 10.5. The fourth-order valence-corrected chi connectivity index (χ4v) is 2.78. The number of rotatable bonds is 5. The highest BCUT2D eigenvalue weighted by Gasteiger charge is 2.14. The van der Waals surface area contributed by atoms with Crippen LogP contribution < -0.4 is 5.32 Å². The molecule has 0 radical (unpaired) electrons. The molecule has 0 atom stereocenters. The van der Waals surface area contributed by atoms with Crippen molar-refractivity contribution in [3.05, 3.63) is 72.1 Å². The first-order chi connectivity index (χ1) is 11.3. The zero-order chi connectivity index (χ0) is 16.1. The fraction of sp³-hybridized carbons (Fsp3) is 0.118. The zero-order valence-corrected chi connectivity index (χ0v) is 13.5. The van der Waals surface area contributed by atoms with Crippen LogP contribution in [0, 0.1) is 0 Å². The molecule has 0 saturated heterocycles. The van der Waals surface area contributed by atoms with Crippen molar-refractivity contribution in [1.29, 1.82) is 0 Å². The van der Waals surface area contributed by atoms with Gasteiger partial charge in [-0.3, -0.25) is 4.79 Å². The summed E-state index contributed by atoms with van der Waals surface area (Å²) in [5, 5.41) is 7.90. The second kappa shape index (κ2) is 7.11. The van der Waals surface area contributed by atoms with Crippen LogP contribution in [0.1, 0.15) is 15.9 Å². The third-order valence-electron chi connectivity index (χ3n) is 3.34. The Kier molecular flexibility index (Phi) is 4.73. The Hall–Kier alpha value is -2.60. The summed E-state index contributed by atoms with van der Waals surface area (Å²) in [6.07, 6.45) is 5.26. The van der Waals surface area contributed by atoms with Crippen molar-refractivity contribution < 1.29 is 4.79 Å². The second-order valence-corrected chi connectivity index (χ2v) is 5.67. The summed E-state index contributed by atoms with van der Waals surface area (Å²) in [6, 6.07) is 15.3. The van der Waals surface area contributed by atoms with Gasteiger partial charge in [0.25, 0.3) is 5.91 Å². The molecule has 0 spiro atoms. The SMILES string of the molecule is CSc1ncccc1C(=O)Nc1ccnn1Cc1ccccc1. The van der Waals surface area contributed by atoms with Crippen molar-refractivity contribution in [2.45, 2.75) is 11.6 Å². The topological polar surface area (TPSA) is 59.8 Å². The molecule has 116 valence electrons. The standard InChI is InChI=1S/C17H16N4OS/c1-23-17-14(8-5-10-18-17)16(22)20-15-9-11-19-21(15)12-13-6-3-2-4-7-13/h2-11H,12H2,1H3,(H,20,22).